The topological polar surface area (TPSA) is 61.4 Å². The molecule has 2 amide bonds. The summed E-state index contributed by atoms with van der Waals surface area (Å²) in [5, 5.41) is 5.91. The first kappa shape index (κ1) is 20.7. The average molecular weight is 362 g/mol. The number of nitrogens with zero attached hydrogens (tertiary/aromatic N) is 1. The van der Waals surface area contributed by atoms with Gasteiger partial charge < -0.3 is 15.5 Å². The summed E-state index contributed by atoms with van der Waals surface area (Å²) in [5.74, 6) is -0.339. The molecule has 2 N–H and O–H groups in total. The standard InChI is InChI=1S/C19H23N3O2.ClH/c1-14(20-2)13-21-18(23)15-8-7-9-16(12-15)19(24)22(3)17-10-5-4-6-11-17;/h4-12,14,20H,13H2,1-3H3,(H,21,23);1H. The van der Waals surface area contributed by atoms with Gasteiger partial charge in [-0.2, -0.15) is 0 Å². The number of hydrogen-bond acceptors (Lipinski definition) is 3. The lowest BCUT2D eigenvalue weighted by Gasteiger charge is -2.17. The molecule has 0 fully saturated rings. The maximum atomic E-state index is 12.6. The van der Waals surface area contributed by atoms with Crippen molar-refractivity contribution in [1.82, 2.24) is 10.6 Å². The summed E-state index contributed by atoms with van der Waals surface area (Å²) < 4.78 is 0. The van der Waals surface area contributed by atoms with Gasteiger partial charge >= 0.3 is 0 Å². The molecule has 2 aromatic rings. The highest BCUT2D eigenvalue weighted by Gasteiger charge is 2.15. The molecule has 5 nitrogen and oxygen atoms in total. The van der Waals surface area contributed by atoms with Crippen LogP contribution in [-0.2, 0) is 0 Å². The fraction of sp³-hybridized carbons (Fsp3) is 0.263. The molecule has 6 heteroatoms. The van der Waals surface area contributed by atoms with Crippen LogP contribution < -0.4 is 15.5 Å². The number of amides is 2. The predicted molar refractivity (Wildman–Crippen MR) is 104 cm³/mol. The summed E-state index contributed by atoms with van der Waals surface area (Å²) in [5.41, 5.74) is 1.77. The van der Waals surface area contributed by atoms with E-state index in [0.717, 1.165) is 5.69 Å². The van der Waals surface area contributed by atoms with Crippen LogP contribution in [0.1, 0.15) is 27.6 Å². The summed E-state index contributed by atoms with van der Waals surface area (Å²) >= 11 is 0. The third-order valence-electron chi connectivity index (χ3n) is 3.88. The lowest BCUT2D eigenvalue weighted by molar-refractivity contribution is 0.0950. The molecule has 25 heavy (non-hydrogen) atoms. The zero-order chi connectivity index (χ0) is 17.5. The van der Waals surface area contributed by atoms with Crippen LogP contribution in [0, 0.1) is 0 Å². The van der Waals surface area contributed by atoms with Gasteiger partial charge in [0, 0.05) is 36.4 Å². The maximum absolute atomic E-state index is 12.6. The van der Waals surface area contributed by atoms with Gasteiger partial charge in [-0.05, 0) is 44.3 Å². The molecular formula is C19H24ClN3O2. The molecule has 1 unspecified atom stereocenters. The Kier molecular flexibility index (Phi) is 8.11. The Balaban J connectivity index is 0.00000312. The van der Waals surface area contributed by atoms with Crippen LogP contribution in [0.15, 0.2) is 54.6 Å². The SMILES string of the molecule is CNC(C)CNC(=O)c1cccc(C(=O)N(C)c2ccccc2)c1.Cl. The minimum absolute atomic E-state index is 0. The Bertz CT molecular complexity index is 707. The Morgan fingerprint density at radius 3 is 2.32 bits per heavy atom. The number of carbonyl (C=O) groups excluding carboxylic acids is 2. The number of anilines is 1. The first-order chi connectivity index (χ1) is 11.5. The van der Waals surface area contributed by atoms with E-state index < -0.39 is 0 Å². The Hall–Kier alpha value is -2.37. The predicted octanol–water partition coefficient (Wildman–Crippen LogP) is 2.72. The van der Waals surface area contributed by atoms with Gasteiger partial charge in [0.2, 0.25) is 0 Å². The molecule has 0 bridgehead atoms. The van der Waals surface area contributed by atoms with Crippen LogP contribution in [0.25, 0.3) is 0 Å². The van der Waals surface area contributed by atoms with Crippen LogP contribution in [-0.4, -0.2) is 38.5 Å². The number of nitrogens with one attached hydrogen (secondary N) is 2. The van der Waals surface area contributed by atoms with Crippen LogP contribution in [0.5, 0.6) is 0 Å². The van der Waals surface area contributed by atoms with Crippen molar-refractivity contribution in [2.45, 2.75) is 13.0 Å². The van der Waals surface area contributed by atoms with Gasteiger partial charge in [-0.3, -0.25) is 9.59 Å². The van der Waals surface area contributed by atoms with E-state index in [9.17, 15) is 9.59 Å². The number of hydrogen-bond donors (Lipinski definition) is 2. The second-order valence-electron chi connectivity index (χ2n) is 5.68. The normalized spacial score (nSPS) is 11.2. The first-order valence-electron chi connectivity index (χ1n) is 7.91. The van der Waals surface area contributed by atoms with E-state index in [1.54, 1.807) is 36.2 Å². The third-order valence-corrected chi connectivity index (χ3v) is 3.88. The van der Waals surface area contributed by atoms with E-state index >= 15 is 0 Å². The molecule has 0 aliphatic heterocycles. The number of halogens is 1. The fourth-order valence-corrected chi connectivity index (χ4v) is 2.21. The highest BCUT2D eigenvalue weighted by atomic mass is 35.5. The Labute approximate surface area is 154 Å². The van der Waals surface area contributed by atoms with Crippen LogP contribution in [0.2, 0.25) is 0 Å². The molecule has 0 aliphatic carbocycles. The third kappa shape index (κ3) is 5.59. The highest BCUT2D eigenvalue weighted by molar-refractivity contribution is 6.07. The minimum Gasteiger partial charge on any atom is -0.350 e. The molecule has 2 rings (SSSR count). The van der Waals surface area contributed by atoms with E-state index in [1.807, 2.05) is 44.3 Å². The van der Waals surface area contributed by atoms with Crippen molar-refractivity contribution in [2.75, 3.05) is 25.5 Å². The van der Waals surface area contributed by atoms with Crippen molar-refractivity contribution in [3.05, 3.63) is 65.7 Å². The zero-order valence-electron chi connectivity index (χ0n) is 14.7. The summed E-state index contributed by atoms with van der Waals surface area (Å²) in [6.45, 7) is 2.51. The van der Waals surface area contributed by atoms with Crippen molar-refractivity contribution in [1.29, 1.82) is 0 Å². The van der Waals surface area contributed by atoms with Crippen LogP contribution >= 0.6 is 12.4 Å². The van der Waals surface area contributed by atoms with E-state index in [1.165, 1.54) is 0 Å². The highest BCUT2D eigenvalue weighted by Crippen LogP contribution is 2.15. The summed E-state index contributed by atoms with van der Waals surface area (Å²) in [4.78, 5) is 26.4. The molecule has 0 saturated heterocycles. The lowest BCUT2D eigenvalue weighted by Crippen LogP contribution is -2.37. The zero-order valence-corrected chi connectivity index (χ0v) is 15.5. The van der Waals surface area contributed by atoms with Crippen LogP contribution in [0.4, 0.5) is 5.69 Å². The summed E-state index contributed by atoms with van der Waals surface area (Å²) in [6.07, 6.45) is 0. The van der Waals surface area contributed by atoms with Gasteiger partial charge in [-0.25, -0.2) is 0 Å². The van der Waals surface area contributed by atoms with E-state index in [-0.39, 0.29) is 30.3 Å². The minimum atomic E-state index is -0.186. The number of para-hydroxylation sites is 1. The molecule has 0 radical (unpaired) electrons. The fourth-order valence-electron chi connectivity index (χ4n) is 2.21. The van der Waals surface area contributed by atoms with Gasteiger partial charge in [0.05, 0.1) is 0 Å². The van der Waals surface area contributed by atoms with Crippen molar-refractivity contribution in [2.24, 2.45) is 0 Å². The number of likely N-dealkylation sites (N-methyl/N-ethyl adjacent to an activating group) is 1. The Morgan fingerprint density at radius 1 is 1.04 bits per heavy atom. The average Bonchev–Trinajstić information content (AvgIpc) is 2.65. The van der Waals surface area contributed by atoms with Crippen LogP contribution in [0.3, 0.4) is 0 Å². The van der Waals surface area contributed by atoms with E-state index in [2.05, 4.69) is 10.6 Å². The van der Waals surface area contributed by atoms with Gasteiger partial charge in [0.15, 0.2) is 0 Å². The maximum Gasteiger partial charge on any atom is 0.258 e. The van der Waals surface area contributed by atoms with Gasteiger partial charge in [-0.15, -0.1) is 12.4 Å². The number of rotatable bonds is 6. The smallest absolute Gasteiger partial charge is 0.258 e. The van der Waals surface area contributed by atoms with Crippen molar-refractivity contribution in [3.63, 3.8) is 0 Å². The molecule has 0 aromatic heterocycles. The van der Waals surface area contributed by atoms with Crippen molar-refractivity contribution in [3.8, 4) is 0 Å². The molecule has 134 valence electrons. The number of benzene rings is 2. The molecule has 2 aromatic carbocycles. The molecule has 0 aliphatic rings. The summed E-state index contributed by atoms with van der Waals surface area (Å²) in [7, 11) is 3.56. The Morgan fingerprint density at radius 2 is 1.68 bits per heavy atom. The summed E-state index contributed by atoms with van der Waals surface area (Å²) in [6, 6.07) is 16.4. The van der Waals surface area contributed by atoms with Gasteiger partial charge in [0.25, 0.3) is 11.8 Å². The van der Waals surface area contributed by atoms with Gasteiger partial charge in [-0.1, -0.05) is 24.3 Å². The molecule has 0 saturated carbocycles. The molecule has 1 atom stereocenters. The van der Waals surface area contributed by atoms with E-state index in [4.69, 9.17) is 0 Å². The van der Waals surface area contributed by atoms with Crippen molar-refractivity contribution >= 4 is 29.9 Å². The largest absolute Gasteiger partial charge is 0.350 e. The lowest BCUT2D eigenvalue weighted by atomic mass is 10.1. The monoisotopic (exact) mass is 361 g/mol. The van der Waals surface area contributed by atoms with Crippen molar-refractivity contribution < 1.29 is 9.59 Å². The second kappa shape index (κ2) is 9.81. The first-order valence-corrected chi connectivity index (χ1v) is 7.91. The second-order valence-corrected chi connectivity index (χ2v) is 5.68. The molecule has 0 heterocycles. The molecular weight excluding hydrogens is 338 g/mol. The van der Waals surface area contributed by atoms with E-state index in [0.29, 0.717) is 17.7 Å². The number of carbonyl (C=O) groups is 2. The molecule has 0 spiro atoms. The quantitative estimate of drug-likeness (QED) is 0.831. The van der Waals surface area contributed by atoms with Gasteiger partial charge in [0.1, 0.15) is 0 Å².